The molecule has 2 rings (SSSR count). The minimum Gasteiger partial charge on any atom is -0.482 e. The molecule has 0 spiro atoms. The molecule has 0 bridgehead atoms. The van der Waals surface area contributed by atoms with Crippen LogP contribution in [-0.2, 0) is 14.3 Å². The summed E-state index contributed by atoms with van der Waals surface area (Å²) in [7, 11) is 0. The molecule has 2 aromatic rings. The van der Waals surface area contributed by atoms with E-state index in [-0.39, 0.29) is 24.5 Å². The van der Waals surface area contributed by atoms with E-state index < -0.39 is 11.9 Å². The first kappa shape index (κ1) is 20.7. The number of esters is 2. The molecule has 6 heteroatoms. The van der Waals surface area contributed by atoms with Gasteiger partial charge in [0.25, 0.3) is 0 Å². The van der Waals surface area contributed by atoms with E-state index in [2.05, 4.69) is 0 Å². The lowest BCUT2D eigenvalue weighted by atomic mass is 10.1. The molecule has 2 aromatic carbocycles. The van der Waals surface area contributed by atoms with Gasteiger partial charge in [-0.1, -0.05) is 18.2 Å². The van der Waals surface area contributed by atoms with Crippen molar-refractivity contribution < 1.29 is 23.8 Å². The molecule has 0 aliphatic carbocycles. The highest BCUT2D eigenvalue weighted by molar-refractivity contribution is 5.97. The van der Waals surface area contributed by atoms with E-state index in [9.17, 15) is 9.59 Å². The standard InChI is InChI=1S/C22H21NO5/c1-4-26-22(25)18(13-23)11-17-6-5-7-19(12-17)28-21(24)14-27-20-9-15(2)8-16(3)10-20/h5-12H,4,14H2,1-3H3/b18-11+. The largest absolute Gasteiger partial charge is 0.482 e. The van der Waals surface area contributed by atoms with Crippen molar-refractivity contribution in [3.63, 3.8) is 0 Å². The Bertz CT molecular complexity index is 920. The van der Waals surface area contributed by atoms with Gasteiger partial charge in [0.15, 0.2) is 6.61 Å². The zero-order chi connectivity index (χ0) is 20.5. The second-order valence-corrected chi connectivity index (χ2v) is 6.05. The van der Waals surface area contributed by atoms with Crippen molar-refractivity contribution in [2.75, 3.05) is 13.2 Å². The molecule has 6 nitrogen and oxygen atoms in total. The normalized spacial score (nSPS) is 10.7. The van der Waals surface area contributed by atoms with Crippen molar-refractivity contribution in [3.05, 3.63) is 64.7 Å². The van der Waals surface area contributed by atoms with Gasteiger partial charge >= 0.3 is 11.9 Å². The minimum atomic E-state index is -0.700. The van der Waals surface area contributed by atoms with Crippen LogP contribution in [0.25, 0.3) is 6.08 Å². The Morgan fingerprint density at radius 2 is 1.79 bits per heavy atom. The van der Waals surface area contributed by atoms with Gasteiger partial charge in [0.1, 0.15) is 23.1 Å². The number of hydrogen-bond donors (Lipinski definition) is 0. The Morgan fingerprint density at radius 3 is 2.43 bits per heavy atom. The van der Waals surface area contributed by atoms with Crippen LogP contribution in [0.3, 0.4) is 0 Å². The molecule has 0 amide bonds. The summed E-state index contributed by atoms with van der Waals surface area (Å²) in [4.78, 5) is 23.7. The number of ether oxygens (including phenoxy) is 3. The monoisotopic (exact) mass is 379 g/mol. The summed E-state index contributed by atoms with van der Waals surface area (Å²) in [6.45, 7) is 5.49. The molecular weight excluding hydrogens is 358 g/mol. The zero-order valence-corrected chi connectivity index (χ0v) is 16.0. The van der Waals surface area contributed by atoms with Crippen LogP contribution < -0.4 is 9.47 Å². The van der Waals surface area contributed by atoms with Crippen LogP contribution in [0.15, 0.2) is 48.0 Å². The minimum absolute atomic E-state index is 0.136. The first-order valence-electron chi connectivity index (χ1n) is 8.72. The summed E-state index contributed by atoms with van der Waals surface area (Å²) in [6.07, 6.45) is 1.38. The quantitative estimate of drug-likeness (QED) is 0.315. The number of aryl methyl sites for hydroxylation is 2. The summed E-state index contributed by atoms with van der Waals surface area (Å²) in [5, 5.41) is 9.10. The molecule has 0 unspecified atom stereocenters. The molecule has 28 heavy (non-hydrogen) atoms. The summed E-state index contributed by atoms with van der Waals surface area (Å²) < 4.78 is 15.6. The van der Waals surface area contributed by atoms with Gasteiger partial charge in [-0.25, -0.2) is 9.59 Å². The lowest BCUT2D eigenvalue weighted by Crippen LogP contribution is -2.17. The van der Waals surface area contributed by atoms with Crippen LogP contribution >= 0.6 is 0 Å². The Morgan fingerprint density at radius 1 is 1.07 bits per heavy atom. The summed E-state index contributed by atoms with van der Waals surface area (Å²) in [5.41, 5.74) is 2.48. The van der Waals surface area contributed by atoms with Crippen molar-refractivity contribution in [2.45, 2.75) is 20.8 Å². The van der Waals surface area contributed by atoms with Gasteiger partial charge in [0.05, 0.1) is 6.61 Å². The predicted octanol–water partition coefficient (Wildman–Crippen LogP) is 3.76. The van der Waals surface area contributed by atoms with Gasteiger partial charge in [-0.15, -0.1) is 0 Å². The van der Waals surface area contributed by atoms with Crippen LogP contribution in [0.2, 0.25) is 0 Å². The van der Waals surface area contributed by atoms with Crippen molar-refractivity contribution in [1.82, 2.24) is 0 Å². The SMILES string of the molecule is CCOC(=O)/C(C#N)=C/c1cccc(OC(=O)COc2cc(C)cc(C)c2)c1. The molecule has 0 atom stereocenters. The van der Waals surface area contributed by atoms with E-state index in [0.29, 0.717) is 11.3 Å². The summed E-state index contributed by atoms with van der Waals surface area (Å²) in [5.74, 6) is -0.386. The van der Waals surface area contributed by atoms with Crippen LogP contribution in [0, 0.1) is 25.2 Å². The average Bonchev–Trinajstić information content (AvgIpc) is 2.64. The maximum Gasteiger partial charge on any atom is 0.349 e. The van der Waals surface area contributed by atoms with E-state index in [1.807, 2.05) is 32.0 Å². The molecule has 144 valence electrons. The lowest BCUT2D eigenvalue weighted by Gasteiger charge is -2.09. The molecule has 0 aliphatic heterocycles. The fraction of sp³-hybridized carbons (Fsp3) is 0.227. The lowest BCUT2D eigenvalue weighted by molar-refractivity contribution is -0.138. The maximum atomic E-state index is 12.0. The van der Waals surface area contributed by atoms with Crippen LogP contribution in [0.4, 0.5) is 0 Å². The number of benzene rings is 2. The van der Waals surface area contributed by atoms with E-state index in [1.54, 1.807) is 37.3 Å². The highest BCUT2D eigenvalue weighted by atomic mass is 16.6. The van der Waals surface area contributed by atoms with E-state index in [4.69, 9.17) is 19.5 Å². The molecule has 0 saturated heterocycles. The van der Waals surface area contributed by atoms with Gasteiger partial charge in [-0.05, 0) is 67.8 Å². The van der Waals surface area contributed by atoms with E-state index in [1.165, 1.54) is 6.08 Å². The second kappa shape index (κ2) is 9.93. The number of carbonyl (C=O) groups is 2. The highest BCUT2D eigenvalue weighted by Crippen LogP contribution is 2.18. The number of nitriles is 1. The summed E-state index contributed by atoms with van der Waals surface area (Å²) in [6, 6.07) is 14.0. The number of hydrogen-bond acceptors (Lipinski definition) is 6. The highest BCUT2D eigenvalue weighted by Gasteiger charge is 2.11. The molecule has 0 fully saturated rings. The van der Waals surface area contributed by atoms with Gasteiger partial charge in [0, 0.05) is 0 Å². The molecular formula is C22H21NO5. The molecule has 0 aromatic heterocycles. The van der Waals surface area contributed by atoms with Crippen molar-refractivity contribution in [2.24, 2.45) is 0 Å². The third-order valence-corrected chi connectivity index (χ3v) is 3.57. The number of rotatable bonds is 7. The van der Waals surface area contributed by atoms with Crippen molar-refractivity contribution in [1.29, 1.82) is 5.26 Å². The Balaban J connectivity index is 2.02. The molecule has 0 radical (unpaired) electrons. The molecule has 0 saturated carbocycles. The smallest absolute Gasteiger partial charge is 0.349 e. The summed E-state index contributed by atoms with van der Waals surface area (Å²) >= 11 is 0. The van der Waals surface area contributed by atoms with Gasteiger partial charge in [-0.2, -0.15) is 5.26 Å². The van der Waals surface area contributed by atoms with E-state index in [0.717, 1.165) is 11.1 Å². The van der Waals surface area contributed by atoms with Gasteiger partial charge in [-0.3, -0.25) is 0 Å². The van der Waals surface area contributed by atoms with E-state index >= 15 is 0 Å². The average molecular weight is 379 g/mol. The molecule has 0 heterocycles. The Kier molecular flexibility index (Phi) is 7.35. The topological polar surface area (TPSA) is 85.6 Å². The predicted molar refractivity (Wildman–Crippen MR) is 104 cm³/mol. The first-order chi connectivity index (χ1) is 13.4. The van der Waals surface area contributed by atoms with Crippen LogP contribution in [-0.4, -0.2) is 25.2 Å². The zero-order valence-electron chi connectivity index (χ0n) is 16.0. The van der Waals surface area contributed by atoms with Gasteiger partial charge < -0.3 is 14.2 Å². The van der Waals surface area contributed by atoms with Crippen LogP contribution in [0.1, 0.15) is 23.6 Å². The molecule has 0 aliphatic rings. The second-order valence-electron chi connectivity index (χ2n) is 6.05. The first-order valence-corrected chi connectivity index (χ1v) is 8.72. The van der Waals surface area contributed by atoms with Crippen molar-refractivity contribution >= 4 is 18.0 Å². The Labute approximate surface area is 164 Å². The third kappa shape index (κ3) is 6.29. The maximum absolute atomic E-state index is 12.0. The molecule has 0 N–H and O–H groups in total. The van der Waals surface area contributed by atoms with Crippen molar-refractivity contribution in [3.8, 4) is 17.6 Å². The van der Waals surface area contributed by atoms with Crippen LogP contribution in [0.5, 0.6) is 11.5 Å². The number of carbonyl (C=O) groups excluding carboxylic acids is 2. The Hall–Kier alpha value is -3.59. The van der Waals surface area contributed by atoms with Gasteiger partial charge in [0.2, 0.25) is 0 Å². The fourth-order valence-corrected chi connectivity index (χ4v) is 2.50. The fourth-order valence-electron chi connectivity index (χ4n) is 2.50. The third-order valence-electron chi connectivity index (χ3n) is 3.57. The number of nitrogens with zero attached hydrogens (tertiary/aromatic N) is 1.